The van der Waals surface area contributed by atoms with Crippen molar-refractivity contribution < 1.29 is 19.1 Å². The number of allylic oxidation sites excluding steroid dienone is 1. The molecule has 1 aromatic carbocycles. The zero-order valence-corrected chi connectivity index (χ0v) is 15.3. The average molecular weight is 368 g/mol. The third-order valence-corrected chi connectivity index (χ3v) is 5.61. The Bertz CT molecular complexity index is 801. The zero-order valence-electron chi connectivity index (χ0n) is 15.3. The molecule has 1 saturated heterocycles. The normalized spacial score (nSPS) is 24.4. The molecule has 0 saturated carbocycles. The van der Waals surface area contributed by atoms with Gasteiger partial charge in [0.2, 0.25) is 18.0 Å². The van der Waals surface area contributed by atoms with Crippen LogP contribution in [0.3, 0.4) is 0 Å². The van der Waals surface area contributed by atoms with Crippen molar-refractivity contribution in [3.05, 3.63) is 47.0 Å². The van der Waals surface area contributed by atoms with Crippen LogP contribution < -0.4 is 5.32 Å². The summed E-state index contributed by atoms with van der Waals surface area (Å²) in [5.41, 5.74) is 2.52. The maximum Gasteiger partial charge on any atom is 0.340 e. The minimum absolute atomic E-state index is 0.153. The van der Waals surface area contributed by atoms with E-state index in [1.54, 1.807) is 24.3 Å². The number of benzene rings is 1. The largest absolute Gasteiger partial charge is 0.433 e. The fourth-order valence-electron chi connectivity index (χ4n) is 4.18. The lowest BCUT2D eigenvalue weighted by Crippen LogP contribution is -2.46. The van der Waals surface area contributed by atoms with E-state index in [1.165, 1.54) is 23.3 Å². The molecule has 0 spiro atoms. The number of amides is 2. The summed E-state index contributed by atoms with van der Waals surface area (Å²) in [4.78, 5) is 38.7. The number of nitrogens with one attached hydrogen (secondary N) is 1. The molecule has 2 heterocycles. The molecule has 1 N–H and O–H groups in total. The molecule has 6 nitrogen and oxygen atoms in total. The summed E-state index contributed by atoms with van der Waals surface area (Å²) in [6.07, 6.45) is 7.76. The number of hydrogen-bond donors (Lipinski definition) is 1. The van der Waals surface area contributed by atoms with Crippen LogP contribution in [0.5, 0.6) is 0 Å². The Morgan fingerprint density at radius 2 is 2.04 bits per heavy atom. The smallest absolute Gasteiger partial charge is 0.340 e. The van der Waals surface area contributed by atoms with Crippen molar-refractivity contribution in [1.29, 1.82) is 0 Å². The summed E-state index contributed by atoms with van der Waals surface area (Å²) in [5, 5.41) is 2.97. The van der Waals surface area contributed by atoms with Gasteiger partial charge in [-0.1, -0.05) is 29.8 Å². The van der Waals surface area contributed by atoms with Gasteiger partial charge >= 0.3 is 5.97 Å². The zero-order chi connectivity index (χ0) is 18.8. The number of hydrogen-bond acceptors (Lipinski definition) is 4. The Hall–Kier alpha value is -2.63. The van der Waals surface area contributed by atoms with Crippen LogP contribution in [0.15, 0.2) is 35.9 Å². The van der Waals surface area contributed by atoms with Gasteiger partial charge in [-0.05, 0) is 44.6 Å². The summed E-state index contributed by atoms with van der Waals surface area (Å²) in [5.74, 6) is -0.768. The van der Waals surface area contributed by atoms with Crippen LogP contribution >= 0.6 is 0 Å². The predicted molar refractivity (Wildman–Crippen MR) is 98.6 cm³/mol. The van der Waals surface area contributed by atoms with E-state index in [4.69, 9.17) is 4.74 Å². The minimum Gasteiger partial charge on any atom is -0.433 e. The van der Waals surface area contributed by atoms with Gasteiger partial charge in [0, 0.05) is 18.5 Å². The van der Waals surface area contributed by atoms with Crippen molar-refractivity contribution in [2.75, 3.05) is 6.54 Å². The Labute approximate surface area is 158 Å². The molecule has 27 heavy (non-hydrogen) atoms. The van der Waals surface area contributed by atoms with E-state index in [0.717, 1.165) is 19.3 Å². The lowest BCUT2D eigenvalue weighted by atomic mass is 9.97. The first-order valence-electron chi connectivity index (χ1n) is 9.72. The molecule has 1 aromatic rings. The first-order chi connectivity index (χ1) is 13.1. The number of rotatable bonds is 5. The van der Waals surface area contributed by atoms with Gasteiger partial charge in [-0.15, -0.1) is 0 Å². The Morgan fingerprint density at radius 1 is 1.19 bits per heavy atom. The number of fused-ring (bicyclic) bond motifs is 1. The second-order valence-electron chi connectivity index (χ2n) is 7.35. The molecular formula is C21H24N2O4. The second-order valence-corrected chi connectivity index (χ2v) is 7.35. The number of nitrogens with zero attached hydrogens (tertiary/aromatic N) is 1. The quantitative estimate of drug-likeness (QED) is 0.640. The molecule has 0 aromatic heterocycles. The maximum absolute atomic E-state index is 12.7. The standard InChI is InChI=1S/C21H24N2O4/c24-18-11-10-17(19(25)22-13-12-14-6-2-1-3-7-14)23(18)20-15-8-4-5-9-16(15)21(26)27-20/h4-6,8-9,17,20H,1-3,7,10-13H2,(H,22,25). The first-order valence-corrected chi connectivity index (χ1v) is 9.72. The molecule has 1 aliphatic carbocycles. The molecule has 142 valence electrons. The lowest BCUT2D eigenvalue weighted by Gasteiger charge is -2.29. The molecule has 6 heteroatoms. The monoisotopic (exact) mass is 368 g/mol. The van der Waals surface area contributed by atoms with Crippen molar-refractivity contribution in [3.8, 4) is 0 Å². The van der Waals surface area contributed by atoms with Crippen LogP contribution in [0.25, 0.3) is 0 Å². The van der Waals surface area contributed by atoms with Crippen LogP contribution in [0, 0.1) is 0 Å². The number of ether oxygens (including phenoxy) is 1. The minimum atomic E-state index is -0.805. The number of carbonyl (C=O) groups excluding carboxylic acids is 3. The van der Waals surface area contributed by atoms with Gasteiger partial charge in [-0.25, -0.2) is 4.79 Å². The molecule has 2 atom stereocenters. The number of esters is 1. The topological polar surface area (TPSA) is 75.7 Å². The number of carbonyl (C=O) groups is 3. The van der Waals surface area contributed by atoms with Gasteiger partial charge in [0.15, 0.2) is 0 Å². The SMILES string of the molecule is O=C1OC(N2C(=O)CCC2C(=O)NCCC2=CCCCC2)c2ccccc21. The van der Waals surface area contributed by atoms with Crippen LogP contribution in [-0.4, -0.2) is 35.3 Å². The van der Waals surface area contributed by atoms with Crippen LogP contribution in [-0.2, 0) is 14.3 Å². The van der Waals surface area contributed by atoms with E-state index in [-0.39, 0.29) is 11.8 Å². The summed E-state index contributed by atoms with van der Waals surface area (Å²) >= 11 is 0. The van der Waals surface area contributed by atoms with Crippen LogP contribution in [0.4, 0.5) is 0 Å². The van der Waals surface area contributed by atoms with E-state index in [9.17, 15) is 14.4 Å². The Balaban J connectivity index is 1.43. The van der Waals surface area contributed by atoms with E-state index < -0.39 is 18.2 Å². The van der Waals surface area contributed by atoms with E-state index in [0.29, 0.717) is 30.5 Å². The summed E-state index contributed by atoms with van der Waals surface area (Å²) in [6.45, 7) is 0.574. The summed E-state index contributed by atoms with van der Waals surface area (Å²) in [7, 11) is 0. The second kappa shape index (κ2) is 7.55. The van der Waals surface area contributed by atoms with Gasteiger partial charge in [0.05, 0.1) is 5.56 Å². The van der Waals surface area contributed by atoms with Crippen molar-refractivity contribution in [1.82, 2.24) is 10.2 Å². The van der Waals surface area contributed by atoms with Crippen molar-refractivity contribution in [3.63, 3.8) is 0 Å². The fraction of sp³-hybridized carbons (Fsp3) is 0.476. The average Bonchev–Trinajstić information content (AvgIpc) is 3.23. The van der Waals surface area contributed by atoms with E-state index >= 15 is 0 Å². The fourth-order valence-corrected chi connectivity index (χ4v) is 4.18. The molecule has 2 aliphatic heterocycles. The first kappa shape index (κ1) is 17.8. The van der Waals surface area contributed by atoms with Crippen molar-refractivity contribution in [2.45, 2.75) is 57.2 Å². The molecule has 2 amide bonds. The van der Waals surface area contributed by atoms with E-state index in [1.807, 2.05) is 0 Å². The molecule has 0 radical (unpaired) electrons. The Kier molecular flexibility index (Phi) is 4.97. The molecule has 1 fully saturated rings. The van der Waals surface area contributed by atoms with Gasteiger partial charge in [0.25, 0.3) is 0 Å². The molecule has 4 rings (SSSR count). The third-order valence-electron chi connectivity index (χ3n) is 5.61. The molecule has 2 unspecified atom stereocenters. The lowest BCUT2D eigenvalue weighted by molar-refractivity contribution is -0.145. The third kappa shape index (κ3) is 3.48. The maximum atomic E-state index is 12.7. The highest BCUT2D eigenvalue weighted by Crippen LogP contribution is 2.38. The molecular weight excluding hydrogens is 344 g/mol. The highest BCUT2D eigenvalue weighted by molar-refractivity contribution is 5.96. The highest BCUT2D eigenvalue weighted by Gasteiger charge is 2.46. The Morgan fingerprint density at radius 3 is 2.85 bits per heavy atom. The molecule has 0 bridgehead atoms. The van der Waals surface area contributed by atoms with Crippen LogP contribution in [0.1, 0.15) is 67.1 Å². The predicted octanol–water partition coefficient (Wildman–Crippen LogP) is 2.85. The van der Waals surface area contributed by atoms with Gasteiger partial charge in [-0.2, -0.15) is 0 Å². The molecule has 3 aliphatic rings. The number of cyclic esters (lactones) is 1. The summed E-state index contributed by atoms with van der Waals surface area (Å²) < 4.78 is 5.44. The highest BCUT2D eigenvalue weighted by atomic mass is 16.6. The van der Waals surface area contributed by atoms with E-state index in [2.05, 4.69) is 11.4 Å². The summed E-state index contributed by atoms with van der Waals surface area (Å²) in [6, 6.07) is 6.44. The van der Waals surface area contributed by atoms with Crippen LogP contribution in [0.2, 0.25) is 0 Å². The van der Waals surface area contributed by atoms with Gasteiger partial charge in [-0.3, -0.25) is 14.5 Å². The van der Waals surface area contributed by atoms with Gasteiger partial charge < -0.3 is 10.1 Å². The number of likely N-dealkylation sites (tertiary alicyclic amines) is 1. The van der Waals surface area contributed by atoms with Crippen molar-refractivity contribution >= 4 is 17.8 Å². The van der Waals surface area contributed by atoms with Gasteiger partial charge in [0.1, 0.15) is 6.04 Å². The van der Waals surface area contributed by atoms with Crippen molar-refractivity contribution in [2.24, 2.45) is 0 Å².